The van der Waals surface area contributed by atoms with Crippen LogP contribution in [0.3, 0.4) is 0 Å². The fourth-order valence-electron chi connectivity index (χ4n) is 1.31. The summed E-state index contributed by atoms with van der Waals surface area (Å²) in [4.78, 5) is 11.4. The molecule has 15 heavy (non-hydrogen) atoms. The lowest BCUT2D eigenvalue weighted by Gasteiger charge is -2.15. The Morgan fingerprint density at radius 1 is 1.20 bits per heavy atom. The standard InChI is InChI=1S/C12H26N2O/c1-9(2)7-5-6-8-14-12(15)11(13)10(3)4/h9-11H,5-8,13H2,1-4H3,(H,14,15)/t11-/m1/s1. The number of unbranched alkanes of at least 4 members (excludes halogenated alkanes) is 1. The highest BCUT2D eigenvalue weighted by Crippen LogP contribution is 2.05. The normalized spacial score (nSPS) is 13.3. The van der Waals surface area contributed by atoms with Gasteiger partial charge in [-0.25, -0.2) is 0 Å². The number of nitrogens with two attached hydrogens (primary N) is 1. The summed E-state index contributed by atoms with van der Waals surface area (Å²) in [5, 5.41) is 2.87. The molecule has 0 unspecified atom stereocenters. The van der Waals surface area contributed by atoms with E-state index in [1.807, 2.05) is 13.8 Å². The van der Waals surface area contributed by atoms with Crippen molar-refractivity contribution in [2.45, 2.75) is 53.0 Å². The average molecular weight is 214 g/mol. The van der Waals surface area contributed by atoms with Gasteiger partial charge in [0.15, 0.2) is 0 Å². The van der Waals surface area contributed by atoms with E-state index in [4.69, 9.17) is 5.73 Å². The van der Waals surface area contributed by atoms with Crippen molar-refractivity contribution >= 4 is 5.91 Å². The van der Waals surface area contributed by atoms with Crippen molar-refractivity contribution in [1.29, 1.82) is 0 Å². The van der Waals surface area contributed by atoms with Crippen molar-refractivity contribution in [3.8, 4) is 0 Å². The molecule has 0 aliphatic carbocycles. The maximum absolute atomic E-state index is 11.4. The molecule has 0 bridgehead atoms. The predicted molar refractivity (Wildman–Crippen MR) is 64.5 cm³/mol. The molecule has 0 aromatic heterocycles. The van der Waals surface area contributed by atoms with Gasteiger partial charge in [-0.05, 0) is 18.3 Å². The van der Waals surface area contributed by atoms with Crippen LogP contribution in [0.5, 0.6) is 0 Å². The number of nitrogens with one attached hydrogen (secondary N) is 1. The van der Waals surface area contributed by atoms with E-state index in [-0.39, 0.29) is 17.9 Å². The highest BCUT2D eigenvalue weighted by atomic mass is 16.2. The molecule has 0 saturated heterocycles. The molecule has 1 amide bonds. The highest BCUT2D eigenvalue weighted by Gasteiger charge is 2.15. The SMILES string of the molecule is CC(C)CCCCNC(=O)[C@H](N)C(C)C. The van der Waals surface area contributed by atoms with Crippen molar-refractivity contribution in [2.75, 3.05) is 6.54 Å². The van der Waals surface area contributed by atoms with Gasteiger partial charge in [0, 0.05) is 6.54 Å². The van der Waals surface area contributed by atoms with E-state index >= 15 is 0 Å². The Labute approximate surface area is 93.8 Å². The predicted octanol–water partition coefficient (Wildman–Crippen LogP) is 1.91. The molecule has 0 aromatic rings. The van der Waals surface area contributed by atoms with Crippen LogP contribution in [0.15, 0.2) is 0 Å². The smallest absolute Gasteiger partial charge is 0.237 e. The molecule has 0 rings (SSSR count). The molecule has 3 nitrogen and oxygen atoms in total. The number of carbonyl (C=O) groups excluding carboxylic acids is 1. The zero-order valence-electron chi connectivity index (χ0n) is 10.5. The van der Waals surface area contributed by atoms with Crippen molar-refractivity contribution in [1.82, 2.24) is 5.32 Å². The minimum atomic E-state index is -0.366. The van der Waals surface area contributed by atoms with E-state index in [9.17, 15) is 4.79 Å². The van der Waals surface area contributed by atoms with E-state index in [1.54, 1.807) is 0 Å². The first-order chi connectivity index (χ1) is 6.95. The van der Waals surface area contributed by atoms with E-state index in [1.165, 1.54) is 12.8 Å². The lowest BCUT2D eigenvalue weighted by atomic mass is 10.0. The van der Waals surface area contributed by atoms with Gasteiger partial charge in [0.2, 0.25) is 5.91 Å². The third kappa shape index (κ3) is 7.37. The van der Waals surface area contributed by atoms with Crippen LogP contribution in [0.2, 0.25) is 0 Å². The van der Waals surface area contributed by atoms with Gasteiger partial charge < -0.3 is 11.1 Å². The summed E-state index contributed by atoms with van der Waals surface area (Å²) in [6, 6.07) is -0.366. The summed E-state index contributed by atoms with van der Waals surface area (Å²) in [7, 11) is 0. The zero-order chi connectivity index (χ0) is 11.8. The fourth-order valence-corrected chi connectivity index (χ4v) is 1.31. The van der Waals surface area contributed by atoms with Gasteiger partial charge in [0.25, 0.3) is 0 Å². The molecule has 3 N–H and O–H groups in total. The average Bonchev–Trinajstić information content (AvgIpc) is 2.15. The number of rotatable bonds is 7. The van der Waals surface area contributed by atoms with Gasteiger partial charge in [-0.15, -0.1) is 0 Å². The largest absolute Gasteiger partial charge is 0.355 e. The third-order valence-electron chi connectivity index (χ3n) is 2.53. The molecular formula is C12H26N2O. The fraction of sp³-hybridized carbons (Fsp3) is 0.917. The molecule has 0 fully saturated rings. The van der Waals surface area contributed by atoms with Crippen molar-refractivity contribution in [3.63, 3.8) is 0 Å². The van der Waals surface area contributed by atoms with Gasteiger partial charge in [-0.3, -0.25) is 4.79 Å². The molecule has 0 saturated carbocycles. The Kier molecular flexibility index (Phi) is 7.39. The third-order valence-corrected chi connectivity index (χ3v) is 2.53. The topological polar surface area (TPSA) is 55.1 Å². The molecule has 90 valence electrons. The number of hydrogen-bond acceptors (Lipinski definition) is 2. The van der Waals surface area contributed by atoms with E-state index in [2.05, 4.69) is 19.2 Å². The van der Waals surface area contributed by atoms with Crippen molar-refractivity contribution in [3.05, 3.63) is 0 Å². The first-order valence-electron chi connectivity index (χ1n) is 5.98. The van der Waals surface area contributed by atoms with Crippen LogP contribution in [0.1, 0.15) is 47.0 Å². The summed E-state index contributed by atoms with van der Waals surface area (Å²) in [6.07, 6.45) is 3.45. The number of amides is 1. The molecule has 0 spiro atoms. The first kappa shape index (κ1) is 14.4. The van der Waals surface area contributed by atoms with Gasteiger partial charge in [-0.1, -0.05) is 40.5 Å². The molecule has 0 heterocycles. The van der Waals surface area contributed by atoms with Gasteiger partial charge >= 0.3 is 0 Å². The zero-order valence-corrected chi connectivity index (χ0v) is 10.5. The molecule has 1 atom stereocenters. The second-order valence-electron chi connectivity index (χ2n) is 4.95. The van der Waals surface area contributed by atoms with Crippen LogP contribution < -0.4 is 11.1 Å². The minimum absolute atomic E-state index is 0.0189. The van der Waals surface area contributed by atoms with Crippen LogP contribution in [-0.4, -0.2) is 18.5 Å². The quantitative estimate of drug-likeness (QED) is 0.636. The molecule has 0 aliphatic rings. The maximum Gasteiger partial charge on any atom is 0.237 e. The van der Waals surface area contributed by atoms with Crippen molar-refractivity contribution in [2.24, 2.45) is 17.6 Å². The summed E-state index contributed by atoms with van der Waals surface area (Å²) < 4.78 is 0. The van der Waals surface area contributed by atoms with E-state index in [0.717, 1.165) is 18.9 Å². The maximum atomic E-state index is 11.4. The van der Waals surface area contributed by atoms with Gasteiger partial charge in [0.1, 0.15) is 0 Å². The summed E-state index contributed by atoms with van der Waals surface area (Å²) in [5.41, 5.74) is 5.71. The molecule has 0 aromatic carbocycles. The lowest BCUT2D eigenvalue weighted by molar-refractivity contribution is -0.123. The second-order valence-corrected chi connectivity index (χ2v) is 4.95. The summed E-state index contributed by atoms with van der Waals surface area (Å²) >= 11 is 0. The van der Waals surface area contributed by atoms with E-state index < -0.39 is 0 Å². The number of hydrogen-bond donors (Lipinski definition) is 2. The highest BCUT2D eigenvalue weighted by molar-refractivity contribution is 5.81. The number of carbonyl (C=O) groups is 1. The Balaban J connectivity index is 3.47. The monoisotopic (exact) mass is 214 g/mol. The lowest BCUT2D eigenvalue weighted by Crippen LogP contribution is -2.44. The Bertz CT molecular complexity index is 178. The molecule has 3 heteroatoms. The van der Waals surface area contributed by atoms with Crippen LogP contribution in [-0.2, 0) is 4.79 Å². The van der Waals surface area contributed by atoms with Crippen molar-refractivity contribution < 1.29 is 4.79 Å². The molecule has 0 aliphatic heterocycles. The molecular weight excluding hydrogens is 188 g/mol. The Morgan fingerprint density at radius 3 is 2.27 bits per heavy atom. The minimum Gasteiger partial charge on any atom is -0.355 e. The van der Waals surface area contributed by atoms with Crippen LogP contribution in [0.4, 0.5) is 0 Å². The summed E-state index contributed by atoms with van der Waals surface area (Å²) in [6.45, 7) is 9.11. The Hall–Kier alpha value is -0.570. The summed E-state index contributed by atoms with van der Waals surface area (Å²) in [5.74, 6) is 0.939. The molecule has 0 radical (unpaired) electrons. The van der Waals surface area contributed by atoms with E-state index in [0.29, 0.717) is 0 Å². The van der Waals surface area contributed by atoms with Gasteiger partial charge in [0.05, 0.1) is 6.04 Å². The Morgan fingerprint density at radius 2 is 1.80 bits per heavy atom. The van der Waals surface area contributed by atoms with Crippen LogP contribution in [0, 0.1) is 11.8 Å². The second kappa shape index (κ2) is 7.69. The van der Waals surface area contributed by atoms with Crippen LogP contribution in [0.25, 0.3) is 0 Å². The van der Waals surface area contributed by atoms with Crippen LogP contribution >= 0.6 is 0 Å². The van der Waals surface area contributed by atoms with Gasteiger partial charge in [-0.2, -0.15) is 0 Å². The first-order valence-corrected chi connectivity index (χ1v) is 5.98.